The Balaban J connectivity index is 1.47. The normalized spacial score (nSPS) is 16.6. The van der Waals surface area contributed by atoms with Crippen molar-refractivity contribution in [3.63, 3.8) is 0 Å². The molecule has 1 heterocycles. The summed E-state index contributed by atoms with van der Waals surface area (Å²) in [6.45, 7) is 10.9. The summed E-state index contributed by atoms with van der Waals surface area (Å²) in [6.07, 6.45) is 1.14. The van der Waals surface area contributed by atoms with Crippen molar-refractivity contribution in [3.8, 4) is 5.75 Å². The van der Waals surface area contributed by atoms with E-state index in [1.165, 1.54) is 5.56 Å². The average Bonchev–Trinajstić information content (AvgIpc) is 2.72. The van der Waals surface area contributed by atoms with Crippen LogP contribution in [0.1, 0.15) is 59.7 Å². The molecule has 1 fully saturated rings. The number of β-amino-alcohol motifs (C(OH)–C–C–N with tert-alkyl or cyclic N) is 1. The summed E-state index contributed by atoms with van der Waals surface area (Å²) >= 11 is 0. The molecule has 30 heavy (non-hydrogen) atoms. The van der Waals surface area contributed by atoms with Gasteiger partial charge in [0.1, 0.15) is 18.5 Å². The van der Waals surface area contributed by atoms with Crippen molar-refractivity contribution in [1.29, 1.82) is 0 Å². The number of aliphatic hydroxyl groups excluding tert-OH is 1. The van der Waals surface area contributed by atoms with Gasteiger partial charge in [0, 0.05) is 18.0 Å². The number of piperidine rings is 1. The quantitative estimate of drug-likeness (QED) is 0.639. The van der Waals surface area contributed by atoms with Gasteiger partial charge in [-0.15, -0.1) is 0 Å². The van der Waals surface area contributed by atoms with Crippen LogP contribution in [0.3, 0.4) is 0 Å². The minimum absolute atomic E-state index is 0.0777. The molecule has 2 aromatic rings. The number of nitrogens with zero attached hydrogens (tertiary/aromatic N) is 1. The molecule has 4 heteroatoms. The van der Waals surface area contributed by atoms with E-state index in [0.29, 0.717) is 12.5 Å². The minimum atomic E-state index is -0.545. The van der Waals surface area contributed by atoms with Crippen LogP contribution in [0.4, 0.5) is 0 Å². The third-order valence-corrected chi connectivity index (χ3v) is 6.05. The van der Waals surface area contributed by atoms with E-state index in [1.54, 1.807) is 0 Å². The SMILES string of the molecule is Cc1ccc(C(=O)C2CCN(CC(O)COc3ccccc3C(C)C)CC2)c(C)c1. The number of hydrogen-bond acceptors (Lipinski definition) is 4. The van der Waals surface area contributed by atoms with E-state index in [0.717, 1.165) is 48.4 Å². The van der Waals surface area contributed by atoms with Gasteiger partial charge in [-0.25, -0.2) is 0 Å². The van der Waals surface area contributed by atoms with Crippen molar-refractivity contribution in [2.24, 2.45) is 5.92 Å². The Labute approximate surface area is 180 Å². The van der Waals surface area contributed by atoms with Crippen molar-refractivity contribution >= 4 is 5.78 Å². The molecule has 1 aliphatic rings. The third-order valence-electron chi connectivity index (χ3n) is 6.05. The van der Waals surface area contributed by atoms with E-state index < -0.39 is 6.10 Å². The molecule has 3 rings (SSSR count). The monoisotopic (exact) mass is 409 g/mol. The summed E-state index contributed by atoms with van der Waals surface area (Å²) in [5, 5.41) is 10.5. The maximum absolute atomic E-state index is 12.9. The maximum Gasteiger partial charge on any atom is 0.166 e. The van der Waals surface area contributed by atoms with Crippen molar-refractivity contribution < 1.29 is 14.6 Å². The van der Waals surface area contributed by atoms with Gasteiger partial charge in [0.15, 0.2) is 5.78 Å². The molecule has 0 radical (unpaired) electrons. The average molecular weight is 410 g/mol. The number of ketones is 1. The highest BCUT2D eigenvalue weighted by Gasteiger charge is 2.27. The van der Waals surface area contributed by atoms with Crippen molar-refractivity contribution in [3.05, 3.63) is 64.7 Å². The Bertz CT molecular complexity index is 853. The molecule has 4 nitrogen and oxygen atoms in total. The smallest absolute Gasteiger partial charge is 0.166 e. The third kappa shape index (κ3) is 5.71. The molecule has 1 aliphatic heterocycles. The second-order valence-electron chi connectivity index (χ2n) is 8.91. The number of Topliss-reactive ketones (excluding diaryl/α,β-unsaturated/α-hetero) is 1. The van der Waals surface area contributed by atoms with E-state index in [4.69, 9.17) is 4.74 Å². The molecule has 2 aromatic carbocycles. The molecule has 0 bridgehead atoms. The topological polar surface area (TPSA) is 49.8 Å². The van der Waals surface area contributed by atoms with Gasteiger partial charge in [-0.2, -0.15) is 0 Å². The van der Waals surface area contributed by atoms with Gasteiger partial charge in [-0.3, -0.25) is 4.79 Å². The largest absolute Gasteiger partial charge is 0.491 e. The fourth-order valence-corrected chi connectivity index (χ4v) is 4.31. The number of aliphatic hydroxyl groups is 1. The number of hydrogen-bond donors (Lipinski definition) is 1. The lowest BCUT2D eigenvalue weighted by atomic mass is 9.87. The first-order chi connectivity index (χ1) is 14.3. The standard InChI is InChI=1S/C26H35NO3/c1-18(2)23-7-5-6-8-25(23)30-17-22(28)16-27-13-11-21(12-14-27)26(29)24-10-9-19(3)15-20(24)4/h5-10,15,18,21-22,28H,11-14,16-17H2,1-4H3. The molecule has 1 unspecified atom stereocenters. The molecular weight excluding hydrogens is 374 g/mol. The summed E-state index contributed by atoms with van der Waals surface area (Å²) in [5.41, 5.74) is 4.27. The second-order valence-corrected chi connectivity index (χ2v) is 8.91. The van der Waals surface area contributed by atoms with E-state index in [2.05, 4.69) is 37.8 Å². The minimum Gasteiger partial charge on any atom is -0.491 e. The van der Waals surface area contributed by atoms with Crippen LogP contribution in [0.25, 0.3) is 0 Å². The number of likely N-dealkylation sites (tertiary alicyclic amines) is 1. The molecule has 0 aromatic heterocycles. The van der Waals surface area contributed by atoms with E-state index in [9.17, 15) is 9.90 Å². The molecule has 1 saturated heterocycles. The zero-order chi connectivity index (χ0) is 21.7. The van der Waals surface area contributed by atoms with Crippen LogP contribution in [0.15, 0.2) is 42.5 Å². The van der Waals surface area contributed by atoms with Crippen LogP contribution < -0.4 is 4.74 Å². The molecular formula is C26H35NO3. The number of carbonyl (C=O) groups excluding carboxylic acids is 1. The lowest BCUT2D eigenvalue weighted by Gasteiger charge is -2.32. The zero-order valence-electron chi connectivity index (χ0n) is 18.7. The summed E-state index contributed by atoms with van der Waals surface area (Å²) in [4.78, 5) is 15.2. The lowest BCUT2D eigenvalue weighted by molar-refractivity contribution is 0.0521. The van der Waals surface area contributed by atoms with Crippen LogP contribution in [0, 0.1) is 19.8 Å². The van der Waals surface area contributed by atoms with Gasteiger partial charge in [-0.1, -0.05) is 55.8 Å². The van der Waals surface area contributed by atoms with Gasteiger partial charge < -0.3 is 14.7 Å². The molecule has 0 amide bonds. The predicted molar refractivity (Wildman–Crippen MR) is 121 cm³/mol. The second kappa shape index (κ2) is 10.2. The van der Waals surface area contributed by atoms with E-state index in [-0.39, 0.29) is 18.3 Å². The predicted octanol–water partition coefficient (Wildman–Crippen LogP) is 4.76. The highest BCUT2D eigenvalue weighted by Crippen LogP contribution is 2.26. The van der Waals surface area contributed by atoms with Crippen molar-refractivity contribution in [2.75, 3.05) is 26.2 Å². The first-order valence-corrected chi connectivity index (χ1v) is 11.1. The Hall–Kier alpha value is -2.17. The highest BCUT2D eigenvalue weighted by atomic mass is 16.5. The molecule has 1 atom stereocenters. The number of rotatable bonds is 8. The summed E-state index contributed by atoms with van der Waals surface area (Å²) < 4.78 is 5.91. The Morgan fingerprint density at radius 2 is 1.83 bits per heavy atom. The van der Waals surface area contributed by atoms with Gasteiger partial charge in [0.25, 0.3) is 0 Å². The first-order valence-electron chi connectivity index (χ1n) is 11.1. The van der Waals surface area contributed by atoms with Gasteiger partial charge in [-0.05, 0) is 62.9 Å². The molecule has 1 N–H and O–H groups in total. The Morgan fingerprint density at radius 1 is 1.13 bits per heavy atom. The van der Waals surface area contributed by atoms with Crippen molar-refractivity contribution in [2.45, 2.75) is 52.6 Å². The van der Waals surface area contributed by atoms with Gasteiger partial charge in [0.2, 0.25) is 0 Å². The van der Waals surface area contributed by atoms with Crippen molar-refractivity contribution in [1.82, 2.24) is 4.90 Å². The summed E-state index contributed by atoms with van der Waals surface area (Å²) in [7, 11) is 0. The van der Waals surface area contributed by atoms with Crippen LogP contribution >= 0.6 is 0 Å². The first kappa shape index (κ1) is 22.5. The number of carbonyl (C=O) groups is 1. The van der Waals surface area contributed by atoms with Crippen LogP contribution in [-0.4, -0.2) is 48.1 Å². The number of aryl methyl sites for hydroxylation is 2. The summed E-state index contributed by atoms with van der Waals surface area (Å²) in [5.74, 6) is 1.58. The number of para-hydroxylation sites is 1. The lowest BCUT2D eigenvalue weighted by Crippen LogP contribution is -2.42. The van der Waals surface area contributed by atoms with Gasteiger partial charge >= 0.3 is 0 Å². The van der Waals surface area contributed by atoms with Gasteiger partial charge in [0.05, 0.1) is 0 Å². The van der Waals surface area contributed by atoms with E-state index in [1.807, 2.05) is 37.3 Å². The van der Waals surface area contributed by atoms with Crippen LogP contribution in [0.2, 0.25) is 0 Å². The maximum atomic E-state index is 12.9. The number of benzene rings is 2. The fourth-order valence-electron chi connectivity index (χ4n) is 4.31. The Morgan fingerprint density at radius 3 is 2.50 bits per heavy atom. The van der Waals surface area contributed by atoms with Crippen LogP contribution in [-0.2, 0) is 0 Å². The molecule has 0 spiro atoms. The fraction of sp³-hybridized carbons (Fsp3) is 0.500. The highest BCUT2D eigenvalue weighted by molar-refractivity contribution is 5.99. The molecule has 0 aliphatic carbocycles. The van der Waals surface area contributed by atoms with E-state index >= 15 is 0 Å². The number of ether oxygens (including phenoxy) is 1. The molecule has 162 valence electrons. The molecule has 0 saturated carbocycles. The summed E-state index contributed by atoms with van der Waals surface area (Å²) in [6, 6.07) is 14.1. The van der Waals surface area contributed by atoms with Crippen LogP contribution in [0.5, 0.6) is 5.75 Å². The Kier molecular flexibility index (Phi) is 7.68. The zero-order valence-corrected chi connectivity index (χ0v) is 18.7.